The van der Waals surface area contributed by atoms with Crippen molar-refractivity contribution in [2.75, 3.05) is 17.2 Å². The zero-order chi connectivity index (χ0) is 13.9. The molecule has 6 heteroatoms. The predicted molar refractivity (Wildman–Crippen MR) is 72.8 cm³/mol. The average Bonchev–Trinajstić information content (AvgIpc) is 2.49. The molecule has 0 radical (unpaired) electrons. The Morgan fingerprint density at radius 1 is 1.25 bits per heavy atom. The normalized spacial score (nSPS) is 12.9. The van der Waals surface area contributed by atoms with Crippen molar-refractivity contribution in [3.63, 3.8) is 0 Å². The highest BCUT2D eigenvalue weighted by Gasteiger charge is 2.20. The fourth-order valence-electron chi connectivity index (χ4n) is 1.89. The zero-order valence-electron chi connectivity index (χ0n) is 10.4. The molecular weight excluding hydrogens is 258 g/mol. The van der Waals surface area contributed by atoms with E-state index in [1.807, 2.05) is 0 Å². The van der Waals surface area contributed by atoms with Gasteiger partial charge in [0.15, 0.2) is 6.61 Å². The number of nitrogens with zero attached hydrogens (tertiary/aromatic N) is 1. The minimum absolute atomic E-state index is 0.0232. The van der Waals surface area contributed by atoms with E-state index in [1.54, 1.807) is 42.6 Å². The number of pyridine rings is 1. The summed E-state index contributed by atoms with van der Waals surface area (Å²) in [6.45, 7) is -0.0232. The number of amides is 2. The first kappa shape index (κ1) is 12.2. The number of hydrogen-bond donors (Lipinski definition) is 2. The lowest BCUT2D eigenvalue weighted by Crippen LogP contribution is -2.26. The zero-order valence-corrected chi connectivity index (χ0v) is 10.4. The Bertz CT molecular complexity index is 671. The van der Waals surface area contributed by atoms with E-state index < -0.39 is 0 Å². The minimum atomic E-state index is -0.348. The monoisotopic (exact) mass is 269 g/mol. The standard InChI is InChI=1S/C14H11N3O3/c18-12-8-20-11-6-3-5-9(13(11)17-12)16-14(19)10-4-1-2-7-15-10/h1-7H,8H2,(H,16,19)(H,17,18). The second-order valence-electron chi connectivity index (χ2n) is 4.18. The van der Waals surface area contributed by atoms with Gasteiger partial charge in [0.1, 0.15) is 17.1 Å². The van der Waals surface area contributed by atoms with Crippen LogP contribution in [-0.2, 0) is 4.79 Å². The van der Waals surface area contributed by atoms with E-state index in [1.165, 1.54) is 0 Å². The predicted octanol–water partition coefficient (Wildman–Crippen LogP) is 1.66. The van der Waals surface area contributed by atoms with Crippen LogP contribution >= 0.6 is 0 Å². The van der Waals surface area contributed by atoms with Gasteiger partial charge in [0.25, 0.3) is 11.8 Å². The molecule has 1 aromatic carbocycles. The van der Waals surface area contributed by atoms with Crippen LogP contribution in [0.3, 0.4) is 0 Å². The molecular formula is C14H11N3O3. The van der Waals surface area contributed by atoms with Crippen LogP contribution in [0, 0.1) is 0 Å². The number of benzene rings is 1. The van der Waals surface area contributed by atoms with Crippen molar-refractivity contribution in [3.05, 3.63) is 48.3 Å². The van der Waals surface area contributed by atoms with Crippen LogP contribution < -0.4 is 15.4 Å². The second-order valence-corrected chi connectivity index (χ2v) is 4.18. The first-order chi connectivity index (χ1) is 9.74. The molecule has 0 unspecified atom stereocenters. The van der Waals surface area contributed by atoms with Crippen molar-refractivity contribution in [2.45, 2.75) is 0 Å². The lowest BCUT2D eigenvalue weighted by Gasteiger charge is -2.20. The third-order valence-corrected chi connectivity index (χ3v) is 2.80. The molecule has 2 heterocycles. The van der Waals surface area contributed by atoms with E-state index >= 15 is 0 Å². The fourth-order valence-corrected chi connectivity index (χ4v) is 1.89. The van der Waals surface area contributed by atoms with Gasteiger partial charge in [-0.1, -0.05) is 12.1 Å². The number of hydrogen-bond acceptors (Lipinski definition) is 4. The summed E-state index contributed by atoms with van der Waals surface area (Å²) in [6, 6.07) is 10.2. The third kappa shape index (κ3) is 2.31. The number of para-hydroxylation sites is 1. The Balaban J connectivity index is 1.88. The van der Waals surface area contributed by atoms with Gasteiger partial charge < -0.3 is 15.4 Å². The summed E-state index contributed by atoms with van der Waals surface area (Å²) >= 11 is 0. The van der Waals surface area contributed by atoms with E-state index in [4.69, 9.17) is 4.74 Å². The topological polar surface area (TPSA) is 80.3 Å². The van der Waals surface area contributed by atoms with Crippen molar-refractivity contribution in [1.29, 1.82) is 0 Å². The quantitative estimate of drug-likeness (QED) is 0.869. The second kappa shape index (κ2) is 5.00. The van der Waals surface area contributed by atoms with Crippen molar-refractivity contribution < 1.29 is 14.3 Å². The Morgan fingerprint density at radius 3 is 2.95 bits per heavy atom. The molecule has 2 N–H and O–H groups in total. The van der Waals surface area contributed by atoms with Gasteiger partial charge in [-0.3, -0.25) is 14.6 Å². The SMILES string of the molecule is O=C1COc2cccc(NC(=O)c3ccccn3)c2N1. The molecule has 2 amide bonds. The van der Waals surface area contributed by atoms with Crippen LogP contribution in [0.15, 0.2) is 42.6 Å². The first-order valence-corrected chi connectivity index (χ1v) is 6.02. The van der Waals surface area contributed by atoms with Crippen LogP contribution in [0.4, 0.5) is 11.4 Å². The van der Waals surface area contributed by atoms with Crippen molar-refractivity contribution in [1.82, 2.24) is 4.98 Å². The van der Waals surface area contributed by atoms with E-state index in [0.29, 0.717) is 22.8 Å². The van der Waals surface area contributed by atoms with Crippen molar-refractivity contribution in [2.24, 2.45) is 0 Å². The lowest BCUT2D eigenvalue weighted by molar-refractivity contribution is -0.118. The summed E-state index contributed by atoms with van der Waals surface area (Å²) < 4.78 is 5.28. The Labute approximate surface area is 114 Å². The summed E-state index contributed by atoms with van der Waals surface area (Å²) in [5.74, 6) is -0.0701. The van der Waals surface area contributed by atoms with Gasteiger partial charge in [0, 0.05) is 6.20 Å². The molecule has 20 heavy (non-hydrogen) atoms. The number of carbonyl (C=O) groups excluding carboxylic acids is 2. The first-order valence-electron chi connectivity index (χ1n) is 6.02. The average molecular weight is 269 g/mol. The van der Waals surface area contributed by atoms with Gasteiger partial charge in [-0.25, -0.2) is 0 Å². The van der Waals surface area contributed by atoms with E-state index in [-0.39, 0.29) is 18.4 Å². The minimum Gasteiger partial charge on any atom is -0.481 e. The smallest absolute Gasteiger partial charge is 0.274 e. The van der Waals surface area contributed by atoms with Crippen LogP contribution in [0.2, 0.25) is 0 Å². The number of rotatable bonds is 2. The van der Waals surface area contributed by atoms with Crippen LogP contribution in [-0.4, -0.2) is 23.4 Å². The third-order valence-electron chi connectivity index (χ3n) is 2.80. The van der Waals surface area contributed by atoms with Gasteiger partial charge in [0.2, 0.25) is 0 Å². The van der Waals surface area contributed by atoms with E-state index in [9.17, 15) is 9.59 Å². The van der Waals surface area contributed by atoms with Gasteiger partial charge in [-0.05, 0) is 24.3 Å². The highest BCUT2D eigenvalue weighted by Crippen LogP contribution is 2.34. The number of carbonyl (C=O) groups is 2. The van der Waals surface area contributed by atoms with Crippen LogP contribution in [0.5, 0.6) is 5.75 Å². The molecule has 6 nitrogen and oxygen atoms in total. The number of aromatic nitrogens is 1. The molecule has 0 atom stereocenters. The summed E-state index contributed by atoms with van der Waals surface area (Å²) in [5, 5.41) is 5.40. The molecule has 100 valence electrons. The number of fused-ring (bicyclic) bond motifs is 1. The fraction of sp³-hybridized carbons (Fsp3) is 0.0714. The Morgan fingerprint density at radius 2 is 2.15 bits per heavy atom. The number of nitrogens with one attached hydrogen (secondary N) is 2. The molecule has 3 rings (SSSR count). The van der Waals surface area contributed by atoms with E-state index in [2.05, 4.69) is 15.6 Å². The maximum Gasteiger partial charge on any atom is 0.274 e. The van der Waals surface area contributed by atoms with Gasteiger partial charge in [-0.2, -0.15) is 0 Å². The molecule has 0 fully saturated rings. The summed E-state index contributed by atoms with van der Waals surface area (Å²) in [5.41, 5.74) is 1.24. The molecule has 1 aliphatic heterocycles. The molecule has 0 spiro atoms. The lowest BCUT2D eigenvalue weighted by atomic mass is 10.2. The molecule has 0 saturated heterocycles. The summed E-state index contributed by atoms with van der Waals surface area (Å²) in [6.07, 6.45) is 1.54. The van der Waals surface area contributed by atoms with Crippen LogP contribution in [0.1, 0.15) is 10.5 Å². The highest BCUT2D eigenvalue weighted by atomic mass is 16.5. The molecule has 1 aliphatic rings. The summed E-state index contributed by atoms with van der Waals surface area (Å²) in [7, 11) is 0. The highest BCUT2D eigenvalue weighted by molar-refractivity contribution is 6.07. The molecule has 0 saturated carbocycles. The van der Waals surface area contributed by atoms with Crippen molar-refractivity contribution in [3.8, 4) is 5.75 Å². The molecule has 2 aromatic rings. The largest absolute Gasteiger partial charge is 0.481 e. The van der Waals surface area contributed by atoms with Crippen LogP contribution in [0.25, 0.3) is 0 Å². The molecule has 0 aliphatic carbocycles. The van der Waals surface area contributed by atoms with Crippen molar-refractivity contribution >= 4 is 23.2 Å². The number of ether oxygens (including phenoxy) is 1. The number of anilines is 2. The maximum atomic E-state index is 12.1. The summed E-state index contributed by atoms with van der Waals surface area (Å²) in [4.78, 5) is 27.4. The maximum absolute atomic E-state index is 12.1. The molecule has 1 aromatic heterocycles. The van der Waals surface area contributed by atoms with Gasteiger partial charge >= 0.3 is 0 Å². The Kier molecular flexibility index (Phi) is 3.04. The van der Waals surface area contributed by atoms with Gasteiger partial charge in [-0.15, -0.1) is 0 Å². The molecule has 0 bridgehead atoms. The van der Waals surface area contributed by atoms with E-state index in [0.717, 1.165) is 0 Å². The Hall–Kier alpha value is -2.89. The van der Waals surface area contributed by atoms with Gasteiger partial charge in [0.05, 0.1) is 5.69 Å².